The van der Waals surface area contributed by atoms with Crippen LogP contribution in [0.15, 0.2) is 30.3 Å². The lowest BCUT2D eigenvalue weighted by molar-refractivity contribution is -0.131. The highest BCUT2D eigenvalue weighted by atomic mass is 16.4. The third-order valence-electron chi connectivity index (χ3n) is 2.53. The summed E-state index contributed by atoms with van der Waals surface area (Å²) in [6.45, 7) is 2.70. The van der Waals surface area contributed by atoms with Crippen molar-refractivity contribution in [1.82, 2.24) is 0 Å². The standard InChI is InChI=1S/C14H14O4/c1-9(15)14(10(2)16)12-6-4-3-5-11(12)7-8-13(17)18/h3-8,14H,1-2H3,(H,17,18)/b8-7+. The van der Waals surface area contributed by atoms with E-state index in [-0.39, 0.29) is 11.6 Å². The minimum Gasteiger partial charge on any atom is -0.478 e. The van der Waals surface area contributed by atoms with Crippen molar-refractivity contribution in [1.29, 1.82) is 0 Å². The number of carbonyl (C=O) groups is 3. The number of ketones is 2. The molecule has 0 saturated carbocycles. The van der Waals surface area contributed by atoms with Crippen molar-refractivity contribution in [2.24, 2.45) is 0 Å². The summed E-state index contributed by atoms with van der Waals surface area (Å²) in [5.74, 6) is -2.41. The molecule has 4 nitrogen and oxygen atoms in total. The second kappa shape index (κ2) is 5.91. The zero-order chi connectivity index (χ0) is 13.7. The molecule has 0 bridgehead atoms. The van der Waals surface area contributed by atoms with Gasteiger partial charge in [-0.25, -0.2) is 4.79 Å². The van der Waals surface area contributed by atoms with Crippen LogP contribution in [0.5, 0.6) is 0 Å². The van der Waals surface area contributed by atoms with E-state index in [2.05, 4.69) is 0 Å². The Labute approximate surface area is 105 Å². The van der Waals surface area contributed by atoms with Crippen LogP contribution in [-0.2, 0) is 14.4 Å². The van der Waals surface area contributed by atoms with E-state index in [0.717, 1.165) is 6.08 Å². The van der Waals surface area contributed by atoms with Crippen molar-refractivity contribution in [3.63, 3.8) is 0 Å². The fourth-order valence-electron chi connectivity index (χ4n) is 1.81. The fraction of sp³-hybridized carbons (Fsp3) is 0.214. The Morgan fingerprint density at radius 3 is 2.17 bits per heavy atom. The second-order valence-corrected chi connectivity index (χ2v) is 3.95. The molecule has 18 heavy (non-hydrogen) atoms. The summed E-state index contributed by atoms with van der Waals surface area (Å²) in [5, 5.41) is 8.60. The van der Waals surface area contributed by atoms with Crippen LogP contribution in [0.4, 0.5) is 0 Å². The van der Waals surface area contributed by atoms with Gasteiger partial charge in [-0.2, -0.15) is 0 Å². The van der Waals surface area contributed by atoms with Crippen LogP contribution < -0.4 is 0 Å². The molecule has 0 heterocycles. The average Bonchev–Trinajstić information content (AvgIpc) is 2.26. The Bertz CT molecular complexity index is 500. The molecular weight excluding hydrogens is 232 g/mol. The van der Waals surface area contributed by atoms with Crippen molar-refractivity contribution < 1.29 is 19.5 Å². The van der Waals surface area contributed by atoms with E-state index >= 15 is 0 Å². The van der Waals surface area contributed by atoms with Crippen LogP contribution in [0.2, 0.25) is 0 Å². The summed E-state index contributed by atoms with van der Waals surface area (Å²) in [6.07, 6.45) is 2.37. The van der Waals surface area contributed by atoms with Crippen LogP contribution >= 0.6 is 0 Å². The highest BCUT2D eigenvalue weighted by Crippen LogP contribution is 2.23. The SMILES string of the molecule is CC(=O)C(C(C)=O)c1ccccc1/C=C/C(=O)O. The molecule has 0 fully saturated rings. The Hall–Kier alpha value is -2.23. The maximum Gasteiger partial charge on any atom is 0.328 e. The van der Waals surface area contributed by atoms with Crippen molar-refractivity contribution in [3.8, 4) is 0 Å². The van der Waals surface area contributed by atoms with E-state index in [4.69, 9.17) is 5.11 Å². The lowest BCUT2D eigenvalue weighted by atomic mass is 9.88. The number of carbonyl (C=O) groups excluding carboxylic acids is 2. The third-order valence-corrected chi connectivity index (χ3v) is 2.53. The van der Waals surface area contributed by atoms with Gasteiger partial charge in [0.2, 0.25) is 0 Å². The molecule has 0 aromatic heterocycles. The van der Waals surface area contributed by atoms with Crippen LogP contribution in [0.25, 0.3) is 6.08 Å². The molecule has 0 radical (unpaired) electrons. The molecule has 0 atom stereocenters. The van der Waals surface area contributed by atoms with Crippen LogP contribution in [0.1, 0.15) is 30.9 Å². The first kappa shape index (κ1) is 13.8. The van der Waals surface area contributed by atoms with Gasteiger partial charge in [0.05, 0.1) is 0 Å². The van der Waals surface area contributed by atoms with Crippen LogP contribution in [-0.4, -0.2) is 22.6 Å². The second-order valence-electron chi connectivity index (χ2n) is 3.95. The Kier molecular flexibility index (Phi) is 4.54. The van der Waals surface area contributed by atoms with Crippen molar-refractivity contribution >= 4 is 23.6 Å². The smallest absolute Gasteiger partial charge is 0.328 e. The minimum atomic E-state index is -1.08. The van der Waals surface area contributed by atoms with Crippen molar-refractivity contribution in [2.75, 3.05) is 0 Å². The van der Waals surface area contributed by atoms with E-state index in [1.165, 1.54) is 19.9 Å². The van der Waals surface area contributed by atoms with Crippen LogP contribution in [0, 0.1) is 0 Å². The van der Waals surface area contributed by atoms with Gasteiger partial charge in [-0.1, -0.05) is 24.3 Å². The Morgan fingerprint density at radius 2 is 1.67 bits per heavy atom. The van der Waals surface area contributed by atoms with E-state index < -0.39 is 11.9 Å². The first-order chi connectivity index (χ1) is 8.43. The van der Waals surface area contributed by atoms with Gasteiger partial charge in [0.1, 0.15) is 17.5 Å². The Balaban J connectivity index is 3.26. The molecule has 1 rings (SSSR count). The van der Waals surface area contributed by atoms with Crippen molar-refractivity contribution in [2.45, 2.75) is 19.8 Å². The molecule has 1 aromatic carbocycles. The maximum absolute atomic E-state index is 11.5. The molecule has 0 amide bonds. The van der Waals surface area contributed by atoms with E-state index in [1.54, 1.807) is 24.3 Å². The first-order valence-electron chi connectivity index (χ1n) is 5.44. The molecule has 1 aromatic rings. The Morgan fingerprint density at radius 1 is 1.11 bits per heavy atom. The lowest BCUT2D eigenvalue weighted by Crippen LogP contribution is -2.18. The number of carboxylic acid groups (broad SMARTS) is 1. The fourth-order valence-corrected chi connectivity index (χ4v) is 1.81. The molecule has 0 saturated heterocycles. The van der Waals surface area contributed by atoms with Gasteiger partial charge >= 0.3 is 5.97 Å². The largest absolute Gasteiger partial charge is 0.478 e. The van der Waals surface area contributed by atoms with Gasteiger partial charge < -0.3 is 5.11 Å². The maximum atomic E-state index is 11.5. The number of rotatable bonds is 5. The highest BCUT2D eigenvalue weighted by molar-refractivity contribution is 6.06. The highest BCUT2D eigenvalue weighted by Gasteiger charge is 2.23. The number of carboxylic acids is 1. The van der Waals surface area contributed by atoms with Gasteiger partial charge in [0, 0.05) is 6.08 Å². The molecule has 0 spiro atoms. The predicted octanol–water partition coefficient (Wildman–Crippen LogP) is 2.05. The van der Waals surface area contributed by atoms with E-state index in [9.17, 15) is 14.4 Å². The van der Waals surface area contributed by atoms with E-state index in [1.807, 2.05) is 0 Å². The molecule has 94 valence electrons. The summed E-state index contributed by atoms with van der Waals surface area (Å²) in [7, 11) is 0. The number of aliphatic carboxylic acids is 1. The lowest BCUT2D eigenvalue weighted by Gasteiger charge is -2.13. The monoisotopic (exact) mass is 246 g/mol. The van der Waals surface area contributed by atoms with Gasteiger partial charge in [0.25, 0.3) is 0 Å². The quantitative estimate of drug-likeness (QED) is 0.637. The topological polar surface area (TPSA) is 71.4 Å². The van der Waals surface area contributed by atoms with Crippen molar-refractivity contribution in [3.05, 3.63) is 41.5 Å². The van der Waals surface area contributed by atoms with Gasteiger partial charge in [-0.3, -0.25) is 9.59 Å². The van der Waals surface area contributed by atoms with E-state index in [0.29, 0.717) is 11.1 Å². The first-order valence-corrected chi connectivity index (χ1v) is 5.44. The molecule has 0 aliphatic carbocycles. The predicted molar refractivity (Wildman–Crippen MR) is 67.2 cm³/mol. The summed E-state index contributed by atoms with van der Waals surface area (Å²) in [6, 6.07) is 6.78. The summed E-state index contributed by atoms with van der Waals surface area (Å²) < 4.78 is 0. The summed E-state index contributed by atoms with van der Waals surface area (Å²) in [5.41, 5.74) is 1.10. The molecule has 0 unspecified atom stereocenters. The number of hydrogen-bond donors (Lipinski definition) is 1. The number of Topliss-reactive ketones (excluding diaryl/α,β-unsaturated/α-hetero) is 2. The number of benzene rings is 1. The molecule has 1 N–H and O–H groups in total. The zero-order valence-corrected chi connectivity index (χ0v) is 10.2. The molecule has 0 aliphatic heterocycles. The summed E-state index contributed by atoms with van der Waals surface area (Å²) >= 11 is 0. The minimum absolute atomic E-state index is 0.251. The number of hydrogen-bond acceptors (Lipinski definition) is 3. The normalized spacial score (nSPS) is 10.8. The van der Waals surface area contributed by atoms with Gasteiger partial charge in [-0.05, 0) is 31.1 Å². The van der Waals surface area contributed by atoms with Gasteiger partial charge in [-0.15, -0.1) is 0 Å². The molecule has 4 heteroatoms. The third kappa shape index (κ3) is 3.38. The van der Waals surface area contributed by atoms with Gasteiger partial charge in [0.15, 0.2) is 0 Å². The summed E-state index contributed by atoms with van der Waals surface area (Å²) in [4.78, 5) is 33.5. The molecular formula is C14H14O4. The van der Waals surface area contributed by atoms with Crippen LogP contribution in [0.3, 0.4) is 0 Å². The molecule has 0 aliphatic rings. The zero-order valence-electron chi connectivity index (χ0n) is 10.2. The average molecular weight is 246 g/mol.